The van der Waals surface area contributed by atoms with Gasteiger partial charge in [0, 0.05) is 24.0 Å². The summed E-state index contributed by atoms with van der Waals surface area (Å²) in [6.45, 7) is 4.73. The molecule has 5 unspecified atom stereocenters. The lowest BCUT2D eigenvalue weighted by atomic mass is 9.82. The summed E-state index contributed by atoms with van der Waals surface area (Å²) in [7, 11) is 0. The van der Waals surface area contributed by atoms with E-state index in [4.69, 9.17) is 15.5 Å². The zero-order chi connectivity index (χ0) is 26.6. The summed E-state index contributed by atoms with van der Waals surface area (Å²) < 4.78 is 5.89. The molecule has 0 aromatic heterocycles. The van der Waals surface area contributed by atoms with Crippen LogP contribution in [0, 0.1) is 0 Å². The Bertz CT molecular complexity index is 1320. The second-order valence-corrected chi connectivity index (χ2v) is 11.4. The Morgan fingerprint density at radius 3 is 2.82 bits per heavy atom. The second-order valence-electron chi connectivity index (χ2n) is 11.4. The standard InChI is InChI=1S/C30H36N4O4/c1-3-30-11-4-5-17(2)18-6-7-19-15-24(35)27(21(19)13-18)32-28(37)20-8-9-25-22(14-20)23(10-12-38-25)34(26(36)16-30)29(31)33-30/h6-9,13-14,17,23-24,27,35H,3-5,10-12,15-16H2,1-2H3,(H2,31,33)(H,32,37). The molecule has 0 spiro atoms. The number of nitrogens with zero attached hydrogens (tertiary/aromatic N) is 2. The van der Waals surface area contributed by atoms with Crippen LogP contribution in [-0.2, 0) is 11.2 Å². The van der Waals surface area contributed by atoms with E-state index in [2.05, 4.69) is 37.4 Å². The topological polar surface area (TPSA) is 117 Å². The zero-order valence-corrected chi connectivity index (χ0v) is 22.1. The number of aliphatic imine (C=N–C) groups is 1. The second kappa shape index (κ2) is 9.42. The van der Waals surface area contributed by atoms with Crippen molar-refractivity contribution in [2.75, 3.05) is 6.61 Å². The third-order valence-corrected chi connectivity index (χ3v) is 9.05. The van der Waals surface area contributed by atoms with Crippen LogP contribution in [0.1, 0.15) is 103 Å². The van der Waals surface area contributed by atoms with Crippen molar-refractivity contribution in [3.63, 3.8) is 0 Å². The average Bonchev–Trinajstić information content (AvgIpc) is 3.21. The molecule has 4 heterocycles. The number of guanidine groups is 1. The number of benzene rings is 2. The number of hydrogen-bond donors (Lipinski definition) is 3. The van der Waals surface area contributed by atoms with E-state index in [1.165, 1.54) is 5.56 Å². The van der Waals surface area contributed by atoms with Crippen molar-refractivity contribution in [1.82, 2.24) is 10.2 Å². The number of nitrogens with one attached hydrogen (secondary N) is 1. The number of carbonyl (C=O) groups is 2. The van der Waals surface area contributed by atoms with E-state index in [0.29, 0.717) is 37.2 Å². The summed E-state index contributed by atoms with van der Waals surface area (Å²) in [4.78, 5) is 33.7. The molecule has 5 aliphatic rings. The molecule has 1 aliphatic carbocycles. The molecule has 6 bridgehead atoms. The molecule has 0 saturated carbocycles. The molecular weight excluding hydrogens is 480 g/mol. The lowest BCUT2D eigenvalue weighted by molar-refractivity contribution is -0.132. The van der Waals surface area contributed by atoms with Gasteiger partial charge in [0.05, 0.1) is 36.8 Å². The molecule has 0 fully saturated rings. The number of ether oxygens (including phenoxy) is 1. The maximum Gasteiger partial charge on any atom is 0.251 e. The van der Waals surface area contributed by atoms with Gasteiger partial charge in [-0.2, -0.15) is 0 Å². The highest BCUT2D eigenvalue weighted by atomic mass is 16.5. The predicted molar refractivity (Wildman–Crippen MR) is 144 cm³/mol. The van der Waals surface area contributed by atoms with Crippen LogP contribution in [0.4, 0.5) is 0 Å². The predicted octanol–water partition coefficient (Wildman–Crippen LogP) is 3.88. The minimum atomic E-state index is -0.682. The van der Waals surface area contributed by atoms with Crippen LogP contribution in [0.25, 0.3) is 0 Å². The van der Waals surface area contributed by atoms with Gasteiger partial charge in [0.15, 0.2) is 5.96 Å². The minimum absolute atomic E-state index is 0.0319. The number of aliphatic hydroxyl groups excluding tert-OH is 1. The van der Waals surface area contributed by atoms with Gasteiger partial charge in [0.1, 0.15) is 5.75 Å². The van der Waals surface area contributed by atoms with Gasteiger partial charge in [-0.15, -0.1) is 0 Å². The largest absolute Gasteiger partial charge is 0.493 e. The quantitative estimate of drug-likeness (QED) is 0.532. The van der Waals surface area contributed by atoms with E-state index in [-0.39, 0.29) is 29.7 Å². The van der Waals surface area contributed by atoms with Gasteiger partial charge in [-0.05, 0) is 60.1 Å². The van der Waals surface area contributed by atoms with Crippen LogP contribution < -0.4 is 15.8 Å². The SMILES string of the molecule is CCC12CCCC(C)c3ccc4c(c3)C(NC(=O)c3ccc5c(c3)C(CCO5)N(C(=O)C1)C(N)=N2)C(O)C4. The number of carbonyl (C=O) groups excluding carboxylic acids is 2. The number of rotatable bonds is 1. The van der Waals surface area contributed by atoms with Crippen LogP contribution in [0.15, 0.2) is 41.4 Å². The third-order valence-electron chi connectivity index (χ3n) is 9.05. The Kier molecular flexibility index (Phi) is 6.17. The molecule has 7 rings (SSSR count). The zero-order valence-electron chi connectivity index (χ0n) is 22.1. The summed E-state index contributed by atoms with van der Waals surface area (Å²) in [5.74, 6) is 0.877. The Morgan fingerprint density at radius 1 is 1.18 bits per heavy atom. The van der Waals surface area contributed by atoms with Crippen molar-refractivity contribution in [3.8, 4) is 5.75 Å². The van der Waals surface area contributed by atoms with Gasteiger partial charge in [-0.1, -0.05) is 38.5 Å². The van der Waals surface area contributed by atoms with E-state index < -0.39 is 17.7 Å². The van der Waals surface area contributed by atoms with Crippen LogP contribution in [0.2, 0.25) is 0 Å². The smallest absolute Gasteiger partial charge is 0.251 e. The fourth-order valence-corrected chi connectivity index (χ4v) is 6.72. The number of aliphatic hydroxyl groups is 1. The van der Waals surface area contributed by atoms with E-state index in [1.54, 1.807) is 23.1 Å². The highest BCUT2D eigenvalue weighted by Gasteiger charge is 2.43. The summed E-state index contributed by atoms with van der Waals surface area (Å²) in [6, 6.07) is 10.9. The summed E-state index contributed by atoms with van der Waals surface area (Å²) in [5, 5.41) is 13.9. The molecule has 8 heteroatoms. The van der Waals surface area contributed by atoms with Crippen LogP contribution in [0.3, 0.4) is 0 Å². The molecular formula is C30H36N4O4. The van der Waals surface area contributed by atoms with E-state index in [1.807, 2.05) is 0 Å². The van der Waals surface area contributed by atoms with E-state index in [9.17, 15) is 14.7 Å². The van der Waals surface area contributed by atoms with Crippen LogP contribution in [0.5, 0.6) is 5.75 Å². The molecule has 8 nitrogen and oxygen atoms in total. The minimum Gasteiger partial charge on any atom is -0.493 e. The summed E-state index contributed by atoms with van der Waals surface area (Å²) >= 11 is 0. The van der Waals surface area contributed by atoms with Gasteiger partial charge in [0.25, 0.3) is 5.91 Å². The molecule has 2 amide bonds. The maximum atomic E-state index is 13.6. The van der Waals surface area contributed by atoms with Crippen LogP contribution >= 0.6 is 0 Å². The molecule has 4 aliphatic heterocycles. The highest BCUT2D eigenvalue weighted by Crippen LogP contribution is 2.42. The van der Waals surface area contributed by atoms with Crippen LogP contribution in [-0.4, -0.2) is 46.0 Å². The molecule has 4 N–H and O–H groups in total. The summed E-state index contributed by atoms with van der Waals surface area (Å²) in [5.41, 5.74) is 10.5. The highest BCUT2D eigenvalue weighted by molar-refractivity contribution is 6.00. The first-order chi connectivity index (χ1) is 18.3. The Hall–Kier alpha value is -3.39. The van der Waals surface area contributed by atoms with Crippen molar-refractivity contribution >= 4 is 17.8 Å². The van der Waals surface area contributed by atoms with Gasteiger partial charge in [0.2, 0.25) is 5.91 Å². The lowest BCUT2D eigenvalue weighted by Gasteiger charge is -2.42. The maximum absolute atomic E-state index is 13.6. The number of amides is 2. The Balaban J connectivity index is 1.45. The van der Waals surface area contributed by atoms with Crippen molar-refractivity contribution < 1.29 is 19.4 Å². The molecule has 2 aromatic carbocycles. The van der Waals surface area contributed by atoms with Gasteiger partial charge in [-0.3, -0.25) is 14.5 Å². The molecule has 5 atom stereocenters. The van der Waals surface area contributed by atoms with Gasteiger partial charge in [-0.25, -0.2) is 4.99 Å². The van der Waals surface area contributed by atoms with E-state index in [0.717, 1.165) is 42.4 Å². The van der Waals surface area contributed by atoms with Crippen molar-refractivity contribution in [2.45, 2.75) is 88.4 Å². The first-order valence-electron chi connectivity index (χ1n) is 13.8. The van der Waals surface area contributed by atoms with Crippen molar-refractivity contribution in [3.05, 3.63) is 64.2 Å². The third kappa shape index (κ3) is 4.15. The Morgan fingerprint density at radius 2 is 2.03 bits per heavy atom. The first kappa shape index (κ1) is 24.9. The first-order valence-corrected chi connectivity index (χ1v) is 13.8. The lowest BCUT2D eigenvalue weighted by Crippen LogP contribution is -2.53. The normalized spacial score (nSPS) is 30.7. The fraction of sp³-hybridized carbons (Fsp3) is 0.500. The van der Waals surface area contributed by atoms with E-state index >= 15 is 0 Å². The van der Waals surface area contributed by atoms with Gasteiger partial charge >= 0.3 is 0 Å². The molecule has 38 heavy (non-hydrogen) atoms. The monoisotopic (exact) mass is 516 g/mol. The molecule has 0 saturated heterocycles. The fourth-order valence-electron chi connectivity index (χ4n) is 6.72. The number of nitrogens with two attached hydrogens (primary N) is 1. The number of hydrogen-bond acceptors (Lipinski definition) is 6. The molecule has 0 radical (unpaired) electrons. The van der Waals surface area contributed by atoms with Crippen molar-refractivity contribution in [1.29, 1.82) is 0 Å². The summed E-state index contributed by atoms with van der Waals surface area (Å²) in [6.07, 6.45) is 4.13. The van der Waals surface area contributed by atoms with Gasteiger partial charge < -0.3 is 20.9 Å². The number of fused-ring (bicyclic) bond motifs is 5. The average molecular weight is 517 g/mol. The molecule has 2 aromatic rings. The van der Waals surface area contributed by atoms with Crippen molar-refractivity contribution in [2.24, 2.45) is 10.7 Å². The Labute approximate surface area is 223 Å². The molecule has 200 valence electrons.